The molecule has 0 unspecified atom stereocenters. The fourth-order valence-corrected chi connectivity index (χ4v) is 2.80. The Morgan fingerprint density at radius 3 is 2.30 bits per heavy atom. The minimum absolute atomic E-state index is 0.00177. The average Bonchev–Trinajstić information content (AvgIpc) is 2.48. The van der Waals surface area contributed by atoms with Crippen LogP contribution in [0, 0.1) is 0 Å². The highest BCUT2D eigenvalue weighted by atomic mass is 16.7. The summed E-state index contributed by atoms with van der Waals surface area (Å²) < 4.78 is 12.2. The molecule has 0 spiro atoms. The fraction of sp³-hybridized carbons (Fsp3) is 0.667. The lowest BCUT2D eigenvalue weighted by atomic mass is 9.69. The van der Waals surface area contributed by atoms with Gasteiger partial charge >= 0.3 is 7.12 Å². The Morgan fingerprint density at radius 2 is 1.80 bits per heavy atom. The molecule has 1 aromatic heterocycles. The maximum absolute atomic E-state index is 12.2. The van der Waals surface area contributed by atoms with Crippen LogP contribution in [0.4, 0.5) is 0 Å². The number of hydrogen-bond donors (Lipinski definition) is 1. The molecule has 0 amide bonds. The first kappa shape index (κ1) is 13.9. The van der Waals surface area contributed by atoms with Crippen LogP contribution in [0.5, 0.6) is 0 Å². The van der Waals surface area contributed by atoms with Gasteiger partial charge in [-0.2, -0.15) is 0 Å². The second-order valence-electron chi connectivity index (χ2n) is 6.89. The molecule has 2 fully saturated rings. The first-order valence-electron chi connectivity index (χ1n) is 7.39. The third kappa shape index (κ3) is 2.04. The number of rotatable bonds is 2. The lowest BCUT2D eigenvalue weighted by molar-refractivity contribution is 0.00578. The summed E-state index contributed by atoms with van der Waals surface area (Å²) >= 11 is 0. The SMILES string of the molecule is CC1(C)OB(c2cc[nH]c(=O)c2C2CCC2)OC1(C)C. The van der Waals surface area contributed by atoms with Gasteiger partial charge in [0, 0.05) is 11.8 Å². The average molecular weight is 275 g/mol. The van der Waals surface area contributed by atoms with Gasteiger partial charge in [0.1, 0.15) is 0 Å². The minimum Gasteiger partial charge on any atom is -0.399 e. The van der Waals surface area contributed by atoms with Crippen LogP contribution >= 0.6 is 0 Å². The molecular formula is C15H22BNO3. The van der Waals surface area contributed by atoms with Crippen LogP contribution in [0.25, 0.3) is 0 Å². The molecule has 0 atom stereocenters. The van der Waals surface area contributed by atoms with Gasteiger partial charge in [0.05, 0.1) is 11.2 Å². The summed E-state index contributed by atoms with van der Waals surface area (Å²) in [7, 11) is -0.446. The van der Waals surface area contributed by atoms with Gasteiger partial charge < -0.3 is 14.3 Å². The smallest absolute Gasteiger partial charge is 0.399 e. The van der Waals surface area contributed by atoms with Crippen LogP contribution in [0.15, 0.2) is 17.1 Å². The molecule has 0 aromatic carbocycles. The predicted molar refractivity (Wildman–Crippen MR) is 79.4 cm³/mol. The molecule has 1 aliphatic carbocycles. The first-order chi connectivity index (χ1) is 9.32. The zero-order chi connectivity index (χ0) is 14.5. The molecule has 1 saturated heterocycles. The summed E-state index contributed by atoms with van der Waals surface area (Å²) in [5, 5.41) is 0. The Hall–Kier alpha value is -1.07. The zero-order valence-electron chi connectivity index (χ0n) is 12.7. The van der Waals surface area contributed by atoms with Crippen LogP contribution in [-0.4, -0.2) is 23.3 Å². The van der Waals surface area contributed by atoms with Gasteiger partial charge in [-0.25, -0.2) is 0 Å². The maximum Gasteiger partial charge on any atom is 0.495 e. The summed E-state index contributed by atoms with van der Waals surface area (Å²) in [6, 6.07) is 1.93. The summed E-state index contributed by atoms with van der Waals surface area (Å²) in [6.07, 6.45) is 5.05. The number of aromatic amines is 1. The van der Waals surface area contributed by atoms with E-state index in [4.69, 9.17) is 9.31 Å². The van der Waals surface area contributed by atoms with E-state index >= 15 is 0 Å². The van der Waals surface area contributed by atoms with E-state index in [0.717, 1.165) is 23.9 Å². The lowest BCUT2D eigenvalue weighted by Crippen LogP contribution is -2.42. The Balaban J connectivity index is 2.00. The van der Waals surface area contributed by atoms with E-state index in [1.54, 1.807) is 6.20 Å². The van der Waals surface area contributed by atoms with Gasteiger partial charge in [0.2, 0.25) is 0 Å². The van der Waals surface area contributed by atoms with Gasteiger partial charge in [-0.3, -0.25) is 4.79 Å². The van der Waals surface area contributed by atoms with Crippen LogP contribution in [0.3, 0.4) is 0 Å². The third-order valence-electron chi connectivity index (χ3n) is 5.05. The molecular weight excluding hydrogens is 253 g/mol. The van der Waals surface area contributed by atoms with Crippen molar-refractivity contribution < 1.29 is 9.31 Å². The van der Waals surface area contributed by atoms with Crippen molar-refractivity contribution >= 4 is 12.6 Å². The van der Waals surface area contributed by atoms with Crippen molar-refractivity contribution in [1.82, 2.24) is 4.98 Å². The molecule has 1 aliphatic heterocycles. The molecule has 4 nitrogen and oxygen atoms in total. The quantitative estimate of drug-likeness (QED) is 0.839. The third-order valence-corrected chi connectivity index (χ3v) is 5.05. The Morgan fingerprint density at radius 1 is 1.20 bits per heavy atom. The van der Waals surface area contributed by atoms with Crippen molar-refractivity contribution in [2.45, 2.75) is 64.1 Å². The Labute approximate surface area is 120 Å². The van der Waals surface area contributed by atoms with E-state index in [2.05, 4.69) is 4.98 Å². The van der Waals surface area contributed by atoms with Crippen molar-refractivity contribution in [2.75, 3.05) is 0 Å². The van der Waals surface area contributed by atoms with E-state index in [1.807, 2.05) is 33.8 Å². The normalized spacial score (nSPS) is 24.7. The number of H-pyrrole nitrogens is 1. The number of nitrogens with one attached hydrogen (secondary N) is 1. The van der Waals surface area contributed by atoms with Gasteiger partial charge in [-0.05, 0) is 58.0 Å². The van der Waals surface area contributed by atoms with Crippen LogP contribution in [0.2, 0.25) is 0 Å². The summed E-state index contributed by atoms with van der Waals surface area (Å²) in [4.78, 5) is 15.0. The van der Waals surface area contributed by atoms with E-state index in [1.165, 1.54) is 6.42 Å². The van der Waals surface area contributed by atoms with Crippen molar-refractivity contribution in [3.05, 3.63) is 28.2 Å². The number of pyridine rings is 1. The molecule has 2 aliphatic rings. The second kappa shape index (κ2) is 4.47. The molecule has 0 radical (unpaired) electrons. The van der Waals surface area contributed by atoms with E-state index in [-0.39, 0.29) is 16.8 Å². The predicted octanol–water partition coefficient (Wildman–Crippen LogP) is 1.94. The highest BCUT2D eigenvalue weighted by molar-refractivity contribution is 6.62. The van der Waals surface area contributed by atoms with Gasteiger partial charge in [-0.15, -0.1) is 0 Å². The topological polar surface area (TPSA) is 51.3 Å². The molecule has 108 valence electrons. The van der Waals surface area contributed by atoms with E-state index < -0.39 is 7.12 Å². The van der Waals surface area contributed by atoms with Crippen molar-refractivity contribution in [1.29, 1.82) is 0 Å². The molecule has 1 saturated carbocycles. The number of aromatic nitrogens is 1. The lowest BCUT2D eigenvalue weighted by Gasteiger charge is -2.32. The van der Waals surface area contributed by atoms with Crippen LogP contribution < -0.4 is 11.0 Å². The Kier molecular flexibility index (Phi) is 3.10. The molecule has 1 N–H and O–H groups in total. The summed E-state index contributed by atoms with van der Waals surface area (Å²) in [5.41, 5.74) is 1.00. The van der Waals surface area contributed by atoms with Gasteiger partial charge in [0.15, 0.2) is 0 Å². The van der Waals surface area contributed by atoms with Gasteiger partial charge in [-0.1, -0.05) is 6.42 Å². The highest BCUT2D eigenvalue weighted by Gasteiger charge is 2.52. The Bertz CT molecular complexity index is 559. The van der Waals surface area contributed by atoms with E-state index in [9.17, 15) is 4.79 Å². The molecule has 5 heteroatoms. The van der Waals surface area contributed by atoms with Crippen molar-refractivity contribution in [3.8, 4) is 0 Å². The number of hydrogen-bond acceptors (Lipinski definition) is 3. The van der Waals surface area contributed by atoms with E-state index in [0.29, 0.717) is 5.92 Å². The molecule has 2 heterocycles. The molecule has 3 rings (SSSR count). The highest BCUT2D eigenvalue weighted by Crippen LogP contribution is 2.38. The fourth-order valence-electron chi connectivity index (χ4n) is 2.80. The molecule has 1 aromatic rings. The standard InChI is InChI=1S/C15H22BNO3/c1-14(2)15(3,4)20-16(19-14)11-8-9-17-13(18)12(11)10-6-5-7-10/h8-10H,5-7H2,1-4H3,(H,17,18). The van der Waals surface area contributed by atoms with Gasteiger partial charge in [0.25, 0.3) is 5.56 Å². The van der Waals surface area contributed by atoms with Crippen molar-refractivity contribution in [3.63, 3.8) is 0 Å². The zero-order valence-corrected chi connectivity index (χ0v) is 12.7. The first-order valence-corrected chi connectivity index (χ1v) is 7.39. The van der Waals surface area contributed by atoms with Crippen molar-refractivity contribution in [2.24, 2.45) is 0 Å². The van der Waals surface area contributed by atoms with Crippen LogP contribution in [0.1, 0.15) is 58.4 Å². The summed E-state index contributed by atoms with van der Waals surface area (Å²) in [6.45, 7) is 8.12. The van der Waals surface area contributed by atoms with Crippen LogP contribution in [-0.2, 0) is 9.31 Å². The second-order valence-corrected chi connectivity index (χ2v) is 6.89. The molecule has 0 bridgehead atoms. The summed E-state index contributed by atoms with van der Waals surface area (Å²) in [5.74, 6) is 0.356. The molecule has 20 heavy (non-hydrogen) atoms. The monoisotopic (exact) mass is 275 g/mol. The largest absolute Gasteiger partial charge is 0.495 e. The maximum atomic E-state index is 12.2. The minimum atomic E-state index is -0.446.